The van der Waals surface area contributed by atoms with E-state index in [1.165, 1.54) is 36.4 Å². The van der Waals surface area contributed by atoms with Gasteiger partial charge in [-0.25, -0.2) is 0 Å². The summed E-state index contributed by atoms with van der Waals surface area (Å²) in [5.41, 5.74) is -0.208. The summed E-state index contributed by atoms with van der Waals surface area (Å²) in [6.45, 7) is 0. The van der Waals surface area contributed by atoms with Gasteiger partial charge < -0.3 is 0 Å². The standard InChI is InChI=1S/C16H7Cl2N3O5S2/c17-11-4-5-12(21(25)26)14(18)10(11)7-13-15(22)19(16(27)28-13)8-2-1-3-9(6-8)20(23)24/h1-7H/b13-7+. The minimum Gasteiger partial charge on any atom is -0.268 e. The molecule has 0 saturated carbocycles. The monoisotopic (exact) mass is 455 g/mol. The molecule has 28 heavy (non-hydrogen) atoms. The lowest BCUT2D eigenvalue weighted by Crippen LogP contribution is -2.27. The molecule has 1 saturated heterocycles. The highest BCUT2D eigenvalue weighted by molar-refractivity contribution is 8.27. The average molecular weight is 456 g/mol. The highest BCUT2D eigenvalue weighted by Gasteiger charge is 2.34. The number of amides is 1. The number of rotatable bonds is 4. The van der Waals surface area contributed by atoms with Crippen molar-refractivity contribution in [3.63, 3.8) is 0 Å². The number of benzene rings is 2. The molecule has 0 aromatic heterocycles. The van der Waals surface area contributed by atoms with E-state index >= 15 is 0 Å². The van der Waals surface area contributed by atoms with E-state index in [1.807, 2.05) is 0 Å². The fourth-order valence-corrected chi connectivity index (χ4v) is 4.23. The Hall–Kier alpha value is -2.53. The number of hydrogen-bond acceptors (Lipinski definition) is 7. The molecule has 0 spiro atoms. The second-order valence-corrected chi connectivity index (χ2v) is 7.81. The van der Waals surface area contributed by atoms with E-state index in [0.717, 1.165) is 22.7 Å². The maximum atomic E-state index is 12.8. The van der Waals surface area contributed by atoms with Crippen LogP contribution in [0, 0.1) is 20.2 Å². The molecule has 2 aromatic carbocycles. The zero-order chi connectivity index (χ0) is 20.6. The lowest BCUT2D eigenvalue weighted by Gasteiger charge is -2.14. The van der Waals surface area contributed by atoms with Crippen LogP contribution in [0.15, 0.2) is 41.3 Å². The Morgan fingerprint density at radius 1 is 1.11 bits per heavy atom. The Balaban J connectivity index is 2.03. The predicted octanol–water partition coefficient (Wildman–Crippen LogP) is 5.22. The Morgan fingerprint density at radius 2 is 1.82 bits per heavy atom. The van der Waals surface area contributed by atoms with Gasteiger partial charge in [0.2, 0.25) is 0 Å². The van der Waals surface area contributed by atoms with Gasteiger partial charge in [-0.3, -0.25) is 29.9 Å². The van der Waals surface area contributed by atoms with E-state index in [-0.39, 0.29) is 41.9 Å². The number of carbonyl (C=O) groups excluding carboxylic acids is 1. The zero-order valence-electron chi connectivity index (χ0n) is 13.5. The number of non-ortho nitro benzene ring substituents is 1. The van der Waals surface area contributed by atoms with Crippen LogP contribution in [0.4, 0.5) is 17.1 Å². The molecule has 12 heteroatoms. The summed E-state index contributed by atoms with van der Waals surface area (Å²) in [4.78, 5) is 34.9. The lowest BCUT2D eigenvalue weighted by molar-refractivity contribution is -0.384. The second-order valence-electron chi connectivity index (χ2n) is 5.35. The molecule has 0 radical (unpaired) electrons. The maximum absolute atomic E-state index is 12.8. The van der Waals surface area contributed by atoms with Crippen LogP contribution in [0.3, 0.4) is 0 Å². The molecule has 0 unspecified atom stereocenters. The van der Waals surface area contributed by atoms with Crippen LogP contribution in [0.5, 0.6) is 0 Å². The van der Waals surface area contributed by atoms with Gasteiger partial charge in [0.25, 0.3) is 17.3 Å². The third-order valence-corrected chi connectivity index (χ3v) is 5.70. The summed E-state index contributed by atoms with van der Waals surface area (Å²) in [6.07, 6.45) is 1.31. The molecule has 1 fully saturated rings. The van der Waals surface area contributed by atoms with Crippen LogP contribution in [0.1, 0.15) is 5.56 Å². The van der Waals surface area contributed by atoms with Gasteiger partial charge in [0.1, 0.15) is 5.02 Å². The van der Waals surface area contributed by atoms with Crippen LogP contribution in [0.2, 0.25) is 10.0 Å². The van der Waals surface area contributed by atoms with Crippen molar-refractivity contribution in [2.24, 2.45) is 0 Å². The molecule has 142 valence electrons. The first-order valence-corrected chi connectivity index (χ1v) is 9.33. The molecule has 1 aliphatic heterocycles. The number of anilines is 1. The van der Waals surface area contributed by atoms with Crippen LogP contribution < -0.4 is 4.90 Å². The molecule has 2 aromatic rings. The van der Waals surface area contributed by atoms with Gasteiger partial charge in [-0.1, -0.05) is 53.2 Å². The third-order valence-electron chi connectivity index (χ3n) is 3.67. The van der Waals surface area contributed by atoms with E-state index in [2.05, 4.69) is 0 Å². The van der Waals surface area contributed by atoms with Gasteiger partial charge in [-0.15, -0.1) is 0 Å². The van der Waals surface area contributed by atoms with Gasteiger partial charge >= 0.3 is 0 Å². The van der Waals surface area contributed by atoms with Crippen molar-refractivity contribution in [1.29, 1.82) is 0 Å². The van der Waals surface area contributed by atoms with Crippen molar-refractivity contribution in [3.05, 3.63) is 77.1 Å². The fraction of sp³-hybridized carbons (Fsp3) is 0. The van der Waals surface area contributed by atoms with E-state index in [1.54, 1.807) is 0 Å². The second kappa shape index (κ2) is 7.84. The molecule has 8 nitrogen and oxygen atoms in total. The Kier molecular flexibility index (Phi) is 5.66. The maximum Gasteiger partial charge on any atom is 0.288 e. The van der Waals surface area contributed by atoms with Crippen molar-refractivity contribution >= 4 is 80.5 Å². The number of nitro benzene ring substituents is 2. The summed E-state index contributed by atoms with van der Waals surface area (Å²) in [5, 5.41) is 21.9. The summed E-state index contributed by atoms with van der Waals surface area (Å²) in [6, 6.07) is 7.92. The number of carbonyl (C=O) groups is 1. The highest BCUT2D eigenvalue weighted by Crippen LogP contribution is 2.40. The number of nitrogens with zero attached hydrogens (tertiary/aromatic N) is 3. The highest BCUT2D eigenvalue weighted by atomic mass is 35.5. The van der Waals surface area contributed by atoms with Gasteiger partial charge in [0.05, 0.1) is 20.4 Å². The summed E-state index contributed by atoms with van der Waals surface area (Å²) < 4.78 is 0.148. The minimum atomic E-state index is -0.662. The van der Waals surface area contributed by atoms with Crippen molar-refractivity contribution in [2.45, 2.75) is 0 Å². The first kappa shape index (κ1) is 20.2. The number of halogens is 2. The molecular formula is C16H7Cl2N3O5S2. The fourth-order valence-electron chi connectivity index (χ4n) is 2.40. The Bertz CT molecular complexity index is 1090. The zero-order valence-corrected chi connectivity index (χ0v) is 16.6. The van der Waals surface area contributed by atoms with Crippen molar-refractivity contribution in [3.8, 4) is 0 Å². The molecule has 0 aliphatic carbocycles. The molecule has 0 bridgehead atoms. The molecule has 3 rings (SSSR count). The molecule has 0 N–H and O–H groups in total. The van der Waals surface area contributed by atoms with Crippen molar-refractivity contribution in [2.75, 3.05) is 4.90 Å². The van der Waals surface area contributed by atoms with Gasteiger partial charge in [0.15, 0.2) is 4.32 Å². The van der Waals surface area contributed by atoms with Crippen molar-refractivity contribution < 1.29 is 14.6 Å². The molecular weight excluding hydrogens is 449 g/mol. The largest absolute Gasteiger partial charge is 0.288 e. The van der Waals surface area contributed by atoms with E-state index in [0.29, 0.717) is 0 Å². The van der Waals surface area contributed by atoms with Crippen LogP contribution in [0.25, 0.3) is 6.08 Å². The smallest absolute Gasteiger partial charge is 0.268 e. The Morgan fingerprint density at radius 3 is 2.46 bits per heavy atom. The number of hydrogen-bond donors (Lipinski definition) is 0. The summed E-state index contributed by atoms with van der Waals surface area (Å²) in [7, 11) is 0. The molecule has 1 amide bonds. The van der Waals surface area contributed by atoms with E-state index in [4.69, 9.17) is 35.4 Å². The number of nitro groups is 2. The Labute approximate surface area is 177 Å². The first-order chi connectivity index (χ1) is 13.2. The van der Waals surface area contributed by atoms with E-state index < -0.39 is 15.8 Å². The van der Waals surface area contributed by atoms with Gasteiger partial charge in [-0.05, 0) is 18.2 Å². The molecule has 0 atom stereocenters. The van der Waals surface area contributed by atoms with Crippen LogP contribution in [-0.2, 0) is 4.79 Å². The SMILES string of the molecule is O=C1/C(=C\c2c(Cl)ccc([N+](=O)[O-])c2Cl)SC(=S)N1c1cccc([N+](=O)[O-])c1. The number of thiocarbonyl (C=S) groups is 1. The predicted molar refractivity (Wildman–Crippen MR) is 112 cm³/mol. The van der Waals surface area contributed by atoms with E-state index in [9.17, 15) is 25.0 Å². The lowest BCUT2D eigenvalue weighted by atomic mass is 10.1. The number of thioether (sulfide) groups is 1. The topological polar surface area (TPSA) is 107 Å². The quantitative estimate of drug-likeness (QED) is 0.269. The summed E-state index contributed by atoms with van der Waals surface area (Å²) >= 11 is 18.3. The summed E-state index contributed by atoms with van der Waals surface area (Å²) in [5.74, 6) is -0.547. The normalized spacial score (nSPS) is 15.4. The molecule has 1 aliphatic rings. The van der Waals surface area contributed by atoms with Gasteiger partial charge in [-0.2, -0.15) is 0 Å². The van der Waals surface area contributed by atoms with Crippen molar-refractivity contribution in [1.82, 2.24) is 0 Å². The van der Waals surface area contributed by atoms with Gasteiger partial charge in [0, 0.05) is 28.8 Å². The molecule has 1 heterocycles. The first-order valence-electron chi connectivity index (χ1n) is 7.35. The van der Waals surface area contributed by atoms with Crippen LogP contribution in [-0.4, -0.2) is 20.1 Å². The third kappa shape index (κ3) is 3.72. The van der Waals surface area contributed by atoms with Crippen LogP contribution >= 0.6 is 47.2 Å². The average Bonchev–Trinajstić information content (AvgIpc) is 2.91. The minimum absolute atomic E-state index is 0.108.